The van der Waals surface area contributed by atoms with Crippen LogP contribution in [-0.4, -0.2) is 8.07 Å². The van der Waals surface area contributed by atoms with E-state index in [4.69, 9.17) is 0 Å². The first kappa shape index (κ1) is 15.8. The SMILES string of the molecule is I.[CH2-][Si](C)(C)C.[Zn]. The predicted octanol–water partition coefficient (Wildman–Crippen LogP) is 2.31. The van der Waals surface area contributed by atoms with Crippen LogP contribution in [0.3, 0.4) is 0 Å². The normalized spacial score (nSPS) is 8.57. The van der Waals surface area contributed by atoms with Crippen molar-refractivity contribution in [2.24, 2.45) is 0 Å². The maximum absolute atomic E-state index is 3.91. The summed E-state index contributed by atoms with van der Waals surface area (Å²) in [5.41, 5.74) is 0. The fourth-order valence-electron chi connectivity index (χ4n) is 0. The van der Waals surface area contributed by atoms with E-state index in [9.17, 15) is 0 Å². The maximum atomic E-state index is 3.91. The Bertz CT molecular complexity index is 27.2. The molecule has 3 heteroatoms. The summed E-state index contributed by atoms with van der Waals surface area (Å²) in [5, 5.41) is 0. The molecule has 0 amide bonds. The van der Waals surface area contributed by atoms with Crippen molar-refractivity contribution in [3.63, 3.8) is 0 Å². The standard InChI is InChI=1S/C4H11Si.HI.Zn/c1-5(2,3)4;;/h1H2,2-4H3;1H;/q-1;;. The molecule has 0 rings (SSSR count). The van der Waals surface area contributed by atoms with Crippen molar-refractivity contribution in [1.82, 2.24) is 0 Å². The van der Waals surface area contributed by atoms with Crippen LogP contribution in [0.2, 0.25) is 19.6 Å². The Balaban J connectivity index is -0.0000000800. The minimum atomic E-state index is -0.861. The summed E-state index contributed by atoms with van der Waals surface area (Å²) in [6.45, 7) is 10.6. The molecule has 0 aliphatic rings. The van der Waals surface area contributed by atoms with Crippen LogP contribution in [0.4, 0.5) is 0 Å². The van der Waals surface area contributed by atoms with Gasteiger partial charge in [0.25, 0.3) is 0 Å². The van der Waals surface area contributed by atoms with Gasteiger partial charge in [-0.3, -0.25) is 0 Å². The molecule has 0 radical (unpaired) electrons. The van der Waals surface area contributed by atoms with Gasteiger partial charge in [0.2, 0.25) is 0 Å². The van der Waals surface area contributed by atoms with E-state index in [0.717, 1.165) is 0 Å². The van der Waals surface area contributed by atoms with Crippen LogP contribution in [0, 0.1) is 6.55 Å². The van der Waals surface area contributed by atoms with Crippen LogP contribution in [-0.2, 0) is 19.5 Å². The number of rotatable bonds is 0. The summed E-state index contributed by atoms with van der Waals surface area (Å²) in [6, 6.07) is 0. The second kappa shape index (κ2) is 5.70. The Kier molecular flexibility index (Phi) is 12.9. The van der Waals surface area contributed by atoms with Gasteiger partial charge in [0.05, 0.1) is 0 Å². The van der Waals surface area contributed by atoms with Crippen molar-refractivity contribution < 1.29 is 19.5 Å². The summed E-state index contributed by atoms with van der Waals surface area (Å²) >= 11 is 0. The fraction of sp³-hybridized carbons (Fsp3) is 0.750. The monoisotopic (exact) mass is 279 g/mol. The molecule has 0 atom stereocenters. The Morgan fingerprint density at radius 2 is 1.14 bits per heavy atom. The maximum Gasteiger partial charge on any atom is 0 e. The van der Waals surface area contributed by atoms with Gasteiger partial charge < -0.3 is 6.55 Å². The van der Waals surface area contributed by atoms with E-state index in [2.05, 4.69) is 26.2 Å². The van der Waals surface area contributed by atoms with Crippen LogP contribution >= 0.6 is 24.0 Å². The van der Waals surface area contributed by atoms with Crippen molar-refractivity contribution >= 4 is 32.1 Å². The number of hydrogen-bond acceptors (Lipinski definition) is 0. The molecule has 0 aromatic rings. The van der Waals surface area contributed by atoms with Gasteiger partial charge in [0, 0.05) is 19.5 Å². The van der Waals surface area contributed by atoms with Crippen molar-refractivity contribution in [1.29, 1.82) is 0 Å². The summed E-state index contributed by atoms with van der Waals surface area (Å²) in [6.07, 6.45) is 0. The summed E-state index contributed by atoms with van der Waals surface area (Å²) < 4.78 is 0. The molecular weight excluding hydrogens is 268 g/mol. The van der Waals surface area contributed by atoms with Gasteiger partial charge in [-0.05, 0) is 0 Å². The van der Waals surface area contributed by atoms with Gasteiger partial charge in [-0.2, -0.15) is 0 Å². The molecule has 0 aromatic carbocycles. The third kappa shape index (κ3) is 95.3. The Hall–Kier alpha value is 1.57. The van der Waals surface area contributed by atoms with Crippen molar-refractivity contribution in [2.75, 3.05) is 0 Å². The Morgan fingerprint density at radius 1 is 1.14 bits per heavy atom. The van der Waals surface area contributed by atoms with Crippen molar-refractivity contribution in [3.8, 4) is 0 Å². The minimum Gasteiger partial charge on any atom is -0.342 e. The zero-order valence-corrected chi connectivity index (χ0v) is 11.6. The second-order valence-corrected chi connectivity index (χ2v) is 7.68. The molecule has 0 nitrogen and oxygen atoms in total. The molecule has 0 aliphatic heterocycles. The van der Waals surface area contributed by atoms with Gasteiger partial charge in [0.1, 0.15) is 0 Å². The molecule has 0 bridgehead atoms. The Labute approximate surface area is 77.2 Å². The molecule has 0 heterocycles. The number of hydrogen-bond donors (Lipinski definition) is 0. The third-order valence-electron chi connectivity index (χ3n) is 0. The van der Waals surface area contributed by atoms with Crippen molar-refractivity contribution in [3.05, 3.63) is 6.55 Å². The minimum absolute atomic E-state index is 0. The first-order valence-electron chi connectivity index (χ1n) is 1.85. The second-order valence-electron chi connectivity index (χ2n) is 2.56. The van der Waals surface area contributed by atoms with Crippen LogP contribution < -0.4 is 0 Å². The van der Waals surface area contributed by atoms with Crippen LogP contribution in [0.1, 0.15) is 0 Å². The van der Waals surface area contributed by atoms with Gasteiger partial charge >= 0.3 is 0 Å². The van der Waals surface area contributed by atoms with E-state index in [0.29, 0.717) is 0 Å². The van der Waals surface area contributed by atoms with Gasteiger partial charge in [-0.1, -0.05) is 19.6 Å². The third-order valence-corrected chi connectivity index (χ3v) is 0. The molecule has 0 N–H and O–H groups in total. The molecule has 0 spiro atoms. The molecule has 7 heavy (non-hydrogen) atoms. The molecule has 0 unspecified atom stereocenters. The van der Waals surface area contributed by atoms with E-state index < -0.39 is 8.07 Å². The number of halogens is 1. The smallest absolute Gasteiger partial charge is 0 e. The zero-order chi connectivity index (χ0) is 4.50. The van der Waals surface area contributed by atoms with Gasteiger partial charge in [-0.15, -0.1) is 32.1 Å². The molecule has 0 saturated carbocycles. The fourth-order valence-corrected chi connectivity index (χ4v) is 0. The predicted molar refractivity (Wildman–Crippen MR) is 44.1 cm³/mol. The average Bonchev–Trinajstić information content (AvgIpc) is 0.722. The van der Waals surface area contributed by atoms with Crippen molar-refractivity contribution in [2.45, 2.75) is 19.6 Å². The Morgan fingerprint density at radius 3 is 1.14 bits per heavy atom. The van der Waals surface area contributed by atoms with E-state index in [-0.39, 0.29) is 43.5 Å². The van der Waals surface area contributed by atoms with Gasteiger partial charge in [0.15, 0.2) is 0 Å². The first-order chi connectivity index (χ1) is 2.00. The molecule has 0 fully saturated rings. The van der Waals surface area contributed by atoms with E-state index in [1.165, 1.54) is 0 Å². The largest absolute Gasteiger partial charge is 0.342 e. The summed E-state index contributed by atoms with van der Waals surface area (Å²) in [5.74, 6) is 0. The van der Waals surface area contributed by atoms with E-state index >= 15 is 0 Å². The summed E-state index contributed by atoms with van der Waals surface area (Å²) in [4.78, 5) is 0. The summed E-state index contributed by atoms with van der Waals surface area (Å²) in [7, 11) is -0.861. The van der Waals surface area contributed by atoms with Gasteiger partial charge in [-0.25, -0.2) is 0 Å². The molecule has 42 valence electrons. The zero-order valence-electron chi connectivity index (χ0n) is 5.32. The molecule has 0 aromatic heterocycles. The first-order valence-corrected chi connectivity index (χ1v) is 5.56. The van der Waals surface area contributed by atoms with Crippen LogP contribution in [0.25, 0.3) is 0 Å². The topological polar surface area (TPSA) is 0 Å². The van der Waals surface area contributed by atoms with Crippen LogP contribution in [0.15, 0.2) is 0 Å². The molecular formula is C4H12ISiZn-. The molecule has 0 aliphatic carbocycles. The quantitative estimate of drug-likeness (QED) is 0.363. The molecule has 0 saturated heterocycles. The van der Waals surface area contributed by atoms with Crippen LogP contribution in [0.5, 0.6) is 0 Å². The van der Waals surface area contributed by atoms with E-state index in [1.807, 2.05) is 0 Å². The van der Waals surface area contributed by atoms with E-state index in [1.54, 1.807) is 0 Å². The average molecular weight is 281 g/mol.